The predicted molar refractivity (Wildman–Crippen MR) is 117 cm³/mol. The topological polar surface area (TPSA) is 102 Å². The Labute approximate surface area is 188 Å². The van der Waals surface area contributed by atoms with Crippen molar-refractivity contribution in [3.63, 3.8) is 0 Å². The Bertz CT molecular complexity index is 1130. The van der Waals surface area contributed by atoms with Gasteiger partial charge in [0.1, 0.15) is 11.6 Å². The lowest BCUT2D eigenvalue weighted by atomic mass is 9.97. The van der Waals surface area contributed by atoms with Crippen LogP contribution in [0.3, 0.4) is 0 Å². The van der Waals surface area contributed by atoms with E-state index in [9.17, 15) is 18.0 Å². The first kappa shape index (κ1) is 22.5. The highest BCUT2D eigenvalue weighted by atomic mass is 19.4. The van der Waals surface area contributed by atoms with Crippen molar-refractivity contribution in [3.8, 4) is 16.9 Å². The molecule has 0 atom stereocenters. The number of pyridine rings is 2. The van der Waals surface area contributed by atoms with Gasteiger partial charge in [-0.1, -0.05) is 0 Å². The van der Waals surface area contributed by atoms with Crippen LogP contribution in [-0.2, 0) is 12.7 Å². The lowest BCUT2D eigenvalue weighted by Gasteiger charge is -2.27. The average Bonchev–Trinajstić information content (AvgIpc) is 2.76. The summed E-state index contributed by atoms with van der Waals surface area (Å²) in [6.45, 7) is 2.14. The molecule has 1 amide bonds. The number of rotatable bonds is 8. The van der Waals surface area contributed by atoms with Gasteiger partial charge in [0.25, 0.3) is 5.91 Å². The van der Waals surface area contributed by atoms with Gasteiger partial charge in [0.15, 0.2) is 0 Å². The summed E-state index contributed by atoms with van der Waals surface area (Å²) >= 11 is 0. The van der Waals surface area contributed by atoms with Crippen LogP contribution in [0.4, 0.5) is 19.0 Å². The molecular weight excluding hydrogens is 435 g/mol. The van der Waals surface area contributed by atoms with Gasteiger partial charge in [0.2, 0.25) is 0 Å². The maximum atomic E-state index is 13.6. The van der Waals surface area contributed by atoms with Gasteiger partial charge in [-0.2, -0.15) is 13.2 Å². The molecule has 1 aromatic carbocycles. The molecule has 4 rings (SSSR count). The highest BCUT2D eigenvalue weighted by molar-refractivity contribution is 6.04. The number of carbonyl (C=O) groups is 1. The average molecular weight is 457 g/mol. The number of halogens is 3. The Balaban J connectivity index is 1.71. The normalized spacial score (nSPS) is 13.9. The van der Waals surface area contributed by atoms with Gasteiger partial charge in [0, 0.05) is 44.1 Å². The number of hydrogen-bond acceptors (Lipinski definition) is 6. The van der Waals surface area contributed by atoms with Crippen LogP contribution in [-0.4, -0.2) is 35.6 Å². The maximum absolute atomic E-state index is 13.6. The van der Waals surface area contributed by atoms with Crippen LogP contribution in [0.1, 0.15) is 21.5 Å². The molecule has 0 aliphatic carbocycles. The molecule has 0 spiro atoms. The summed E-state index contributed by atoms with van der Waals surface area (Å²) in [6, 6.07) is 8.46. The quantitative estimate of drug-likeness (QED) is 0.479. The van der Waals surface area contributed by atoms with Crippen LogP contribution in [0.2, 0.25) is 0 Å². The number of alkyl halides is 3. The van der Waals surface area contributed by atoms with E-state index in [1.807, 2.05) is 0 Å². The highest BCUT2D eigenvalue weighted by Crippen LogP contribution is 2.37. The Morgan fingerprint density at radius 2 is 1.91 bits per heavy atom. The van der Waals surface area contributed by atoms with E-state index in [1.165, 1.54) is 18.3 Å². The van der Waals surface area contributed by atoms with Crippen LogP contribution >= 0.6 is 0 Å². The fourth-order valence-corrected chi connectivity index (χ4v) is 3.45. The minimum Gasteiger partial charge on any atom is -0.493 e. The summed E-state index contributed by atoms with van der Waals surface area (Å²) in [4.78, 5) is 20.5. The van der Waals surface area contributed by atoms with Crippen molar-refractivity contribution in [1.29, 1.82) is 0 Å². The van der Waals surface area contributed by atoms with Crippen LogP contribution in [0.5, 0.6) is 5.75 Å². The second kappa shape index (κ2) is 9.45. The van der Waals surface area contributed by atoms with Crippen LogP contribution < -0.4 is 21.1 Å². The number of hydrogen-bond donors (Lipinski definition) is 3. The van der Waals surface area contributed by atoms with E-state index in [4.69, 9.17) is 10.5 Å². The first-order chi connectivity index (χ1) is 15.8. The summed E-state index contributed by atoms with van der Waals surface area (Å²) < 4.78 is 46.4. The fourth-order valence-electron chi connectivity index (χ4n) is 3.45. The summed E-state index contributed by atoms with van der Waals surface area (Å²) in [5.74, 6) is -0.313. The number of anilines is 1. The lowest BCUT2D eigenvalue weighted by molar-refractivity contribution is -0.137. The van der Waals surface area contributed by atoms with Crippen molar-refractivity contribution in [3.05, 3.63) is 71.7 Å². The number of amides is 1. The van der Waals surface area contributed by atoms with E-state index in [1.54, 1.807) is 24.5 Å². The number of benzene rings is 1. The van der Waals surface area contributed by atoms with Crippen molar-refractivity contribution in [2.75, 3.05) is 25.0 Å². The SMILES string of the molecule is NC(=O)c1c(-c2cc(OCC3CNC3)cc(C(F)(F)F)c2)ccnc1NCc1ccncc1. The molecule has 1 fully saturated rings. The second-order valence-electron chi connectivity index (χ2n) is 7.73. The molecular formula is C23H22F3N5O2. The van der Waals surface area contributed by atoms with Gasteiger partial charge >= 0.3 is 6.18 Å². The molecule has 3 aromatic rings. The Morgan fingerprint density at radius 1 is 1.15 bits per heavy atom. The minimum absolute atomic E-state index is 0.0000218. The van der Waals surface area contributed by atoms with E-state index < -0.39 is 17.6 Å². The van der Waals surface area contributed by atoms with Gasteiger partial charge in [-0.15, -0.1) is 0 Å². The Kier molecular flexibility index (Phi) is 6.45. The van der Waals surface area contributed by atoms with Gasteiger partial charge in [-0.3, -0.25) is 9.78 Å². The first-order valence-electron chi connectivity index (χ1n) is 10.3. The molecule has 3 heterocycles. The number of nitrogens with one attached hydrogen (secondary N) is 2. The van der Waals surface area contributed by atoms with Gasteiger partial charge < -0.3 is 21.1 Å². The van der Waals surface area contributed by atoms with E-state index in [0.29, 0.717) is 13.2 Å². The van der Waals surface area contributed by atoms with E-state index >= 15 is 0 Å². The number of carbonyl (C=O) groups excluding carboxylic acids is 1. The molecule has 0 saturated carbocycles. The molecule has 1 aliphatic rings. The number of primary amides is 1. The molecule has 1 saturated heterocycles. The zero-order valence-electron chi connectivity index (χ0n) is 17.5. The van der Waals surface area contributed by atoms with Crippen LogP contribution in [0, 0.1) is 5.92 Å². The second-order valence-corrected chi connectivity index (χ2v) is 7.73. The zero-order chi connectivity index (χ0) is 23.4. The molecule has 172 valence electrons. The Hall–Kier alpha value is -3.66. The number of aromatic nitrogens is 2. The Morgan fingerprint density at radius 3 is 2.55 bits per heavy atom. The van der Waals surface area contributed by atoms with Gasteiger partial charge in [-0.05, 0) is 53.1 Å². The molecule has 7 nitrogen and oxygen atoms in total. The van der Waals surface area contributed by atoms with Crippen molar-refractivity contribution in [2.45, 2.75) is 12.7 Å². The zero-order valence-corrected chi connectivity index (χ0v) is 17.5. The number of nitrogens with zero attached hydrogens (tertiary/aromatic N) is 2. The minimum atomic E-state index is -4.59. The van der Waals surface area contributed by atoms with E-state index in [-0.39, 0.29) is 34.2 Å². The summed E-state index contributed by atoms with van der Waals surface area (Å²) in [7, 11) is 0. The van der Waals surface area contributed by atoms with Gasteiger partial charge in [-0.25, -0.2) is 4.98 Å². The van der Waals surface area contributed by atoms with Gasteiger partial charge in [0.05, 0.1) is 17.7 Å². The molecule has 1 aliphatic heterocycles. The smallest absolute Gasteiger partial charge is 0.416 e. The summed E-state index contributed by atoms with van der Waals surface area (Å²) in [5.41, 5.74) is 6.02. The van der Waals surface area contributed by atoms with Crippen molar-refractivity contribution in [1.82, 2.24) is 15.3 Å². The molecule has 2 aromatic heterocycles. The largest absolute Gasteiger partial charge is 0.493 e. The molecule has 10 heteroatoms. The van der Waals surface area contributed by atoms with Crippen molar-refractivity contribution in [2.24, 2.45) is 11.7 Å². The molecule has 0 unspecified atom stereocenters. The third-order valence-electron chi connectivity index (χ3n) is 5.30. The van der Waals surface area contributed by atoms with Crippen LogP contribution in [0.15, 0.2) is 55.0 Å². The number of nitrogens with two attached hydrogens (primary N) is 1. The van der Waals surface area contributed by atoms with Crippen molar-refractivity contribution < 1.29 is 22.7 Å². The monoisotopic (exact) mass is 457 g/mol. The fraction of sp³-hybridized carbons (Fsp3) is 0.261. The summed E-state index contributed by atoms with van der Waals surface area (Å²) in [5, 5.41) is 6.13. The maximum Gasteiger partial charge on any atom is 0.416 e. The standard InChI is InChI=1S/C23H22F3N5O2/c24-23(25,26)17-7-16(8-18(9-17)33-13-15-10-29-11-15)19-3-6-30-22(20(19)21(27)32)31-12-14-1-4-28-5-2-14/h1-9,15,29H,10-13H2,(H2,27,32)(H,30,31). The van der Waals surface area contributed by atoms with E-state index in [2.05, 4.69) is 20.6 Å². The summed E-state index contributed by atoms with van der Waals surface area (Å²) in [6.07, 6.45) is 0.0748. The highest BCUT2D eigenvalue weighted by Gasteiger charge is 2.32. The first-order valence-corrected chi connectivity index (χ1v) is 10.3. The van der Waals surface area contributed by atoms with Crippen LogP contribution in [0.25, 0.3) is 11.1 Å². The van der Waals surface area contributed by atoms with E-state index in [0.717, 1.165) is 30.8 Å². The lowest BCUT2D eigenvalue weighted by Crippen LogP contribution is -2.45. The third-order valence-corrected chi connectivity index (χ3v) is 5.30. The molecule has 33 heavy (non-hydrogen) atoms. The third kappa shape index (κ3) is 5.40. The predicted octanol–water partition coefficient (Wildman–Crippen LogP) is 3.47. The molecule has 0 bridgehead atoms. The number of ether oxygens (including phenoxy) is 1. The molecule has 4 N–H and O–H groups in total. The molecule has 0 radical (unpaired) electrons. The van der Waals surface area contributed by atoms with Crippen molar-refractivity contribution >= 4 is 11.7 Å².